The molecule has 3 nitrogen and oxygen atoms in total. The van der Waals surface area contributed by atoms with Gasteiger partial charge in [-0.3, -0.25) is 4.98 Å². The first-order valence-electron chi connectivity index (χ1n) is 11.7. The molecule has 0 spiro atoms. The minimum Gasteiger partial charge on any atom is -0.455 e. The van der Waals surface area contributed by atoms with E-state index in [1.807, 2.05) is 13.1 Å². The molecule has 0 aliphatic rings. The van der Waals surface area contributed by atoms with Crippen molar-refractivity contribution in [1.82, 2.24) is 9.97 Å². The highest BCUT2D eigenvalue weighted by Crippen LogP contribution is 2.40. The molecular weight excluding hydrogens is 436 g/mol. The minimum atomic E-state index is 0.376. The third-order valence-corrected chi connectivity index (χ3v) is 7.63. The predicted octanol–water partition coefficient (Wildman–Crippen LogP) is 8.97. The number of aromatic nitrogens is 2. The average molecular weight is 463 g/mol. The maximum atomic E-state index is 6.45. The second kappa shape index (κ2) is 7.78. The Morgan fingerprint density at radius 2 is 1.62 bits per heavy atom. The van der Waals surface area contributed by atoms with E-state index in [4.69, 9.17) is 9.40 Å². The van der Waals surface area contributed by atoms with Crippen molar-refractivity contribution in [1.29, 1.82) is 0 Å². The van der Waals surface area contributed by atoms with Crippen LogP contribution in [0.25, 0.3) is 54.5 Å². The third-order valence-electron chi connectivity index (χ3n) is 6.70. The van der Waals surface area contributed by atoms with E-state index in [9.17, 15) is 0 Å². The predicted molar refractivity (Wildman–Crippen MR) is 144 cm³/mol. The lowest BCUT2D eigenvalue weighted by atomic mass is 9.88. The highest BCUT2D eigenvalue weighted by Gasteiger charge is 2.18. The van der Waals surface area contributed by atoms with Gasteiger partial charge in [-0.2, -0.15) is 0 Å². The zero-order chi connectivity index (χ0) is 23.6. The Morgan fingerprint density at radius 3 is 2.38 bits per heavy atom. The Hall–Kier alpha value is -3.50. The van der Waals surface area contributed by atoms with E-state index < -0.39 is 0 Å². The van der Waals surface area contributed by atoms with Gasteiger partial charge in [0.05, 0.1) is 20.9 Å². The van der Waals surface area contributed by atoms with Crippen molar-refractivity contribution >= 4 is 43.5 Å². The van der Waals surface area contributed by atoms with Crippen molar-refractivity contribution in [3.63, 3.8) is 0 Å². The summed E-state index contributed by atoms with van der Waals surface area (Å²) in [6.07, 6.45) is 2.05. The smallest absolute Gasteiger partial charge is 0.144 e. The van der Waals surface area contributed by atoms with Gasteiger partial charge in [-0.15, -0.1) is 11.3 Å². The van der Waals surface area contributed by atoms with Crippen LogP contribution in [0.1, 0.15) is 41.5 Å². The molecule has 168 valence electrons. The van der Waals surface area contributed by atoms with Gasteiger partial charge in [-0.1, -0.05) is 44.2 Å². The largest absolute Gasteiger partial charge is 0.455 e. The summed E-state index contributed by atoms with van der Waals surface area (Å²) in [4.78, 5) is 9.57. The van der Waals surface area contributed by atoms with Crippen LogP contribution in [0.3, 0.4) is 0 Å². The van der Waals surface area contributed by atoms with E-state index in [0.717, 1.165) is 43.7 Å². The lowest BCUT2D eigenvalue weighted by molar-refractivity contribution is 0.670. The van der Waals surface area contributed by atoms with Gasteiger partial charge in [0, 0.05) is 28.6 Å². The molecule has 0 amide bonds. The molecule has 0 aliphatic carbocycles. The molecule has 0 saturated heterocycles. The topological polar surface area (TPSA) is 38.9 Å². The molecule has 3 aromatic heterocycles. The Kier molecular flexibility index (Phi) is 4.82. The van der Waals surface area contributed by atoms with Crippen molar-refractivity contribution < 1.29 is 4.42 Å². The molecule has 0 bridgehead atoms. The molecule has 0 N–H and O–H groups in total. The SMILES string of the molecule is Cc1nc2cc3oc4c(-c5cc(-c6c(C)cccc6C)c(C(C)C)cn5)cccc4c3cc2s1. The van der Waals surface area contributed by atoms with Crippen molar-refractivity contribution in [2.75, 3.05) is 0 Å². The quantitative estimate of drug-likeness (QED) is 0.263. The van der Waals surface area contributed by atoms with Crippen molar-refractivity contribution in [2.45, 2.75) is 40.5 Å². The number of benzene rings is 3. The Morgan fingerprint density at radius 1 is 0.853 bits per heavy atom. The van der Waals surface area contributed by atoms with Crippen molar-refractivity contribution in [3.05, 3.63) is 82.5 Å². The Bertz CT molecular complexity index is 1700. The summed E-state index contributed by atoms with van der Waals surface area (Å²) in [5.41, 5.74) is 11.1. The van der Waals surface area contributed by atoms with Gasteiger partial charge in [0.15, 0.2) is 0 Å². The van der Waals surface area contributed by atoms with Crippen LogP contribution >= 0.6 is 11.3 Å². The molecule has 0 atom stereocenters. The number of para-hydroxylation sites is 1. The molecular formula is C30H26N2OS. The molecule has 3 heterocycles. The molecule has 0 radical (unpaired) electrons. The first kappa shape index (κ1) is 21.1. The van der Waals surface area contributed by atoms with E-state index >= 15 is 0 Å². The summed E-state index contributed by atoms with van der Waals surface area (Å²) in [6, 6.07) is 19.4. The van der Waals surface area contributed by atoms with Gasteiger partial charge in [0.2, 0.25) is 0 Å². The van der Waals surface area contributed by atoms with Gasteiger partial charge in [-0.05, 0) is 72.7 Å². The zero-order valence-corrected chi connectivity index (χ0v) is 20.9. The first-order chi connectivity index (χ1) is 16.4. The van der Waals surface area contributed by atoms with Crippen LogP contribution in [0.15, 0.2) is 65.2 Å². The standard InChI is InChI=1S/C30H26N2OS/c1-16(2)24-15-31-25(12-23(24)29-17(3)8-6-9-18(29)4)21-11-7-10-20-22-13-28-26(32-19(5)34-28)14-27(22)33-30(20)21/h6-16H,1-5H3. The van der Waals surface area contributed by atoms with E-state index in [0.29, 0.717) is 5.92 Å². The molecule has 0 aliphatic heterocycles. The summed E-state index contributed by atoms with van der Waals surface area (Å²) in [6.45, 7) is 10.9. The summed E-state index contributed by atoms with van der Waals surface area (Å²) in [5.74, 6) is 0.376. The first-order valence-corrected chi connectivity index (χ1v) is 12.5. The summed E-state index contributed by atoms with van der Waals surface area (Å²) < 4.78 is 7.64. The highest BCUT2D eigenvalue weighted by molar-refractivity contribution is 7.18. The normalized spacial score (nSPS) is 11.9. The number of fused-ring (bicyclic) bond motifs is 4. The van der Waals surface area contributed by atoms with Crippen LogP contribution in [-0.4, -0.2) is 9.97 Å². The van der Waals surface area contributed by atoms with E-state index in [2.05, 4.69) is 87.3 Å². The number of nitrogens with zero attached hydrogens (tertiary/aromatic N) is 2. The molecule has 0 fully saturated rings. The second-order valence-electron chi connectivity index (χ2n) is 9.41. The number of furan rings is 1. The van der Waals surface area contributed by atoms with Crippen LogP contribution in [0, 0.1) is 20.8 Å². The molecule has 0 unspecified atom stereocenters. The fourth-order valence-electron chi connectivity index (χ4n) is 5.06. The average Bonchev–Trinajstić information content (AvgIpc) is 3.35. The zero-order valence-electron chi connectivity index (χ0n) is 20.1. The summed E-state index contributed by atoms with van der Waals surface area (Å²) >= 11 is 1.72. The maximum Gasteiger partial charge on any atom is 0.144 e. The fraction of sp³-hybridized carbons (Fsp3) is 0.200. The maximum absolute atomic E-state index is 6.45. The number of hydrogen-bond donors (Lipinski definition) is 0. The van der Waals surface area contributed by atoms with Gasteiger partial charge < -0.3 is 4.42 Å². The van der Waals surface area contributed by atoms with E-state index in [1.165, 1.54) is 32.5 Å². The van der Waals surface area contributed by atoms with Crippen LogP contribution in [0.2, 0.25) is 0 Å². The fourth-order valence-corrected chi connectivity index (χ4v) is 5.91. The Balaban J connectivity index is 1.61. The molecule has 34 heavy (non-hydrogen) atoms. The molecule has 4 heteroatoms. The number of rotatable bonds is 3. The molecule has 3 aromatic carbocycles. The summed E-state index contributed by atoms with van der Waals surface area (Å²) in [7, 11) is 0. The highest BCUT2D eigenvalue weighted by atomic mass is 32.1. The summed E-state index contributed by atoms with van der Waals surface area (Å²) in [5, 5.41) is 3.31. The van der Waals surface area contributed by atoms with Crippen LogP contribution < -0.4 is 0 Å². The number of hydrogen-bond acceptors (Lipinski definition) is 4. The number of aryl methyl sites for hydroxylation is 3. The molecule has 0 saturated carbocycles. The van der Waals surface area contributed by atoms with Crippen LogP contribution in [-0.2, 0) is 0 Å². The lowest BCUT2D eigenvalue weighted by Gasteiger charge is -2.18. The van der Waals surface area contributed by atoms with Crippen molar-refractivity contribution in [3.8, 4) is 22.4 Å². The van der Waals surface area contributed by atoms with Gasteiger partial charge in [0.1, 0.15) is 11.2 Å². The van der Waals surface area contributed by atoms with Crippen molar-refractivity contribution in [2.24, 2.45) is 0 Å². The number of thiazole rings is 1. The van der Waals surface area contributed by atoms with Gasteiger partial charge in [0.25, 0.3) is 0 Å². The molecule has 6 rings (SSSR count). The van der Waals surface area contributed by atoms with Gasteiger partial charge >= 0.3 is 0 Å². The molecule has 6 aromatic rings. The lowest BCUT2D eigenvalue weighted by Crippen LogP contribution is -1.99. The minimum absolute atomic E-state index is 0.376. The number of pyridine rings is 1. The Labute approximate surface area is 203 Å². The van der Waals surface area contributed by atoms with E-state index in [-0.39, 0.29) is 0 Å². The van der Waals surface area contributed by atoms with Gasteiger partial charge in [-0.25, -0.2) is 4.98 Å². The van der Waals surface area contributed by atoms with Crippen LogP contribution in [0.5, 0.6) is 0 Å². The van der Waals surface area contributed by atoms with E-state index in [1.54, 1.807) is 11.3 Å². The monoisotopic (exact) mass is 462 g/mol. The van der Waals surface area contributed by atoms with Crippen LogP contribution in [0.4, 0.5) is 0 Å². The third kappa shape index (κ3) is 3.24. The second-order valence-corrected chi connectivity index (χ2v) is 10.6.